The molecule has 1 aromatic rings. The van der Waals surface area contributed by atoms with Crippen LogP contribution in [0.3, 0.4) is 0 Å². The summed E-state index contributed by atoms with van der Waals surface area (Å²) in [7, 11) is 0. The van der Waals surface area contributed by atoms with Crippen LogP contribution < -0.4 is 5.32 Å². The van der Waals surface area contributed by atoms with Crippen LogP contribution in [0.25, 0.3) is 0 Å². The number of nitrogens with one attached hydrogen (secondary N) is 1. The van der Waals surface area contributed by atoms with E-state index in [1.807, 2.05) is 0 Å². The largest absolute Gasteiger partial charge is 0.480 e. The fraction of sp³-hybridized carbons (Fsp3) is 0.385. The van der Waals surface area contributed by atoms with Gasteiger partial charge in [-0.1, -0.05) is 0 Å². The number of halogens is 3. The summed E-state index contributed by atoms with van der Waals surface area (Å²) in [6, 6.07) is 4.59. The first-order chi connectivity index (χ1) is 9.28. The van der Waals surface area contributed by atoms with Crippen molar-refractivity contribution in [2.24, 2.45) is 0 Å². The van der Waals surface area contributed by atoms with Gasteiger partial charge in [-0.2, -0.15) is 18.4 Å². The standard InChI is InChI=1S/C13H11F3N2O2/c14-13(15,16)10-6-9(3-2-8(10)7-17)18-12(11(19)20)4-1-5-12/h2-3,6,18H,1,4-5H2,(H,19,20). The van der Waals surface area contributed by atoms with Gasteiger partial charge in [0.15, 0.2) is 0 Å². The van der Waals surface area contributed by atoms with Crippen LogP contribution in [0, 0.1) is 11.3 Å². The van der Waals surface area contributed by atoms with Gasteiger partial charge in [-0.25, -0.2) is 4.79 Å². The Balaban J connectivity index is 2.35. The van der Waals surface area contributed by atoms with Crippen molar-refractivity contribution in [3.8, 4) is 6.07 Å². The van der Waals surface area contributed by atoms with Crippen LogP contribution in [0.15, 0.2) is 18.2 Å². The average Bonchev–Trinajstić information content (AvgIpc) is 2.32. The van der Waals surface area contributed by atoms with Gasteiger partial charge in [0.1, 0.15) is 5.54 Å². The van der Waals surface area contributed by atoms with Gasteiger partial charge in [0.2, 0.25) is 0 Å². The molecule has 0 spiro atoms. The van der Waals surface area contributed by atoms with Crippen molar-refractivity contribution in [1.82, 2.24) is 0 Å². The number of carboxylic acid groups (broad SMARTS) is 1. The Morgan fingerprint density at radius 1 is 1.40 bits per heavy atom. The number of carboxylic acids is 1. The molecule has 1 fully saturated rings. The smallest absolute Gasteiger partial charge is 0.417 e. The number of hydrogen-bond acceptors (Lipinski definition) is 3. The summed E-state index contributed by atoms with van der Waals surface area (Å²) in [5.41, 5.74) is -2.69. The number of nitriles is 1. The fourth-order valence-corrected chi connectivity index (χ4v) is 2.15. The topological polar surface area (TPSA) is 73.1 Å². The second-order valence-electron chi connectivity index (χ2n) is 4.74. The molecule has 1 saturated carbocycles. The molecule has 0 heterocycles. The SMILES string of the molecule is N#Cc1ccc(NC2(C(=O)O)CCC2)cc1C(F)(F)F. The molecule has 0 radical (unpaired) electrons. The lowest BCUT2D eigenvalue weighted by Gasteiger charge is -2.39. The Kier molecular flexibility index (Phi) is 3.34. The number of rotatable bonds is 3. The minimum absolute atomic E-state index is 0.0541. The summed E-state index contributed by atoms with van der Waals surface area (Å²) in [6.45, 7) is 0. The number of nitrogens with zero attached hydrogens (tertiary/aromatic N) is 1. The lowest BCUT2D eigenvalue weighted by molar-refractivity contribution is -0.145. The first-order valence-corrected chi connectivity index (χ1v) is 5.91. The van der Waals surface area contributed by atoms with Crippen molar-refractivity contribution in [3.63, 3.8) is 0 Å². The number of aliphatic carboxylic acids is 1. The van der Waals surface area contributed by atoms with Crippen LogP contribution >= 0.6 is 0 Å². The third kappa shape index (κ3) is 2.41. The Bertz CT molecular complexity index is 586. The van der Waals surface area contributed by atoms with E-state index in [0.29, 0.717) is 19.3 Å². The molecular formula is C13H11F3N2O2. The summed E-state index contributed by atoms with van der Waals surface area (Å²) in [5.74, 6) is -1.08. The monoisotopic (exact) mass is 284 g/mol. The maximum absolute atomic E-state index is 12.8. The summed E-state index contributed by atoms with van der Waals surface area (Å²) >= 11 is 0. The lowest BCUT2D eigenvalue weighted by atomic mass is 9.76. The van der Waals surface area contributed by atoms with E-state index in [9.17, 15) is 18.0 Å². The molecule has 2 rings (SSSR count). The number of hydrogen-bond donors (Lipinski definition) is 2. The molecule has 0 atom stereocenters. The number of alkyl halides is 3. The molecule has 1 aromatic carbocycles. The Labute approximate surface area is 112 Å². The van der Waals surface area contributed by atoms with Crippen molar-refractivity contribution in [2.75, 3.05) is 5.32 Å². The van der Waals surface area contributed by atoms with E-state index in [4.69, 9.17) is 10.4 Å². The van der Waals surface area contributed by atoms with E-state index < -0.39 is 28.8 Å². The first kappa shape index (κ1) is 14.2. The van der Waals surface area contributed by atoms with E-state index >= 15 is 0 Å². The van der Waals surface area contributed by atoms with E-state index in [2.05, 4.69) is 5.32 Å². The average molecular weight is 284 g/mol. The Morgan fingerprint density at radius 2 is 2.05 bits per heavy atom. The molecule has 0 amide bonds. The quantitative estimate of drug-likeness (QED) is 0.895. The van der Waals surface area contributed by atoms with Crippen LogP contribution in [0.2, 0.25) is 0 Å². The molecule has 1 aliphatic rings. The molecular weight excluding hydrogens is 273 g/mol. The molecule has 20 heavy (non-hydrogen) atoms. The summed E-state index contributed by atoms with van der Waals surface area (Å²) in [5, 5.41) is 20.5. The molecule has 7 heteroatoms. The predicted molar refractivity (Wildman–Crippen MR) is 64.0 cm³/mol. The van der Waals surface area contributed by atoms with Crippen LogP contribution in [0.1, 0.15) is 30.4 Å². The molecule has 1 aliphatic carbocycles. The van der Waals surface area contributed by atoms with Gasteiger partial charge in [0.25, 0.3) is 0 Å². The lowest BCUT2D eigenvalue weighted by Crippen LogP contribution is -2.52. The van der Waals surface area contributed by atoms with E-state index in [-0.39, 0.29) is 5.69 Å². The van der Waals surface area contributed by atoms with E-state index in [1.165, 1.54) is 12.1 Å². The molecule has 0 unspecified atom stereocenters. The zero-order valence-electron chi connectivity index (χ0n) is 10.3. The number of anilines is 1. The molecule has 0 saturated heterocycles. The van der Waals surface area contributed by atoms with Gasteiger partial charge in [0.05, 0.1) is 17.2 Å². The zero-order valence-corrected chi connectivity index (χ0v) is 10.3. The maximum Gasteiger partial charge on any atom is 0.417 e. The van der Waals surface area contributed by atoms with Crippen molar-refractivity contribution in [1.29, 1.82) is 5.26 Å². The summed E-state index contributed by atoms with van der Waals surface area (Å²) < 4.78 is 38.4. The van der Waals surface area contributed by atoms with E-state index in [1.54, 1.807) is 0 Å². The van der Waals surface area contributed by atoms with Crippen molar-refractivity contribution in [3.05, 3.63) is 29.3 Å². The predicted octanol–water partition coefficient (Wildman–Crippen LogP) is 3.00. The molecule has 4 nitrogen and oxygen atoms in total. The van der Waals surface area contributed by atoms with Crippen molar-refractivity contribution in [2.45, 2.75) is 31.0 Å². The third-order valence-electron chi connectivity index (χ3n) is 3.45. The molecule has 2 N–H and O–H groups in total. The number of carbonyl (C=O) groups is 1. The van der Waals surface area contributed by atoms with Crippen LogP contribution in [-0.2, 0) is 11.0 Å². The summed E-state index contributed by atoms with van der Waals surface area (Å²) in [6.07, 6.45) is -3.21. The Hall–Kier alpha value is -2.23. The Morgan fingerprint density at radius 3 is 2.45 bits per heavy atom. The first-order valence-electron chi connectivity index (χ1n) is 5.91. The van der Waals surface area contributed by atoms with Crippen molar-refractivity contribution < 1.29 is 23.1 Å². The van der Waals surface area contributed by atoms with Crippen LogP contribution in [0.5, 0.6) is 0 Å². The molecule has 0 aromatic heterocycles. The van der Waals surface area contributed by atoms with Crippen molar-refractivity contribution >= 4 is 11.7 Å². The maximum atomic E-state index is 12.8. The zero-order chi connectivity index (χ0) is 15.0. The molecule has 0 bridgehead atoms. The summed E-state index contributed by atoms with van der Waals surface area (Å²) in [4.78, 5) is 11.2. The molecule has 0 aliphatic heterocycles. The number of benzene rings is 1. The van der Waals surface area contributed by atoms with Gasteiger partial charge >= 0.3 is 12.1 Å². The molecule has 106 valence electrons. The van der Waals surface area contributed by atoms with E-state index in [0.717, 1.165) is 12.1 Å². The van der Waals surface area contributed by atoms with Crippen LogP contribution in [0.4, 0.5) is 18.9 Å². The minimum atomic E-state index is -4.65. The fourth-order valence-electron chi connectivity index (χ4n) is 2.15. The highest BCUT2D eigenvalue weighted by Crippen LogP contribution is 2.38. The highest BCUT2D eigenvalue weighted by Gasteiger charge is 2.44. The normalized spacial score (nSPS) is 16.9. The highest BCUT2D eigenvalue weighted by atomic mass is 19.4. The highest BCUT2D eigenvalue weighted by molar-refractivity contribution is 5.84. The third-order valence-corrected chi connectivity index (χ3v) is 3.45. The van der Waals surface area contributed by atoms with Gasteiger partial charge in [0, 0.05) is 5.69 Å². The second kappa shape index (κ2) is 4.71. The van der Waals surface area contributed by atoms with Gasteiger partial charge in [-0.05, 0) is 37.5 Å². The van der Waals surface area contributed by atoms with Gasteiger partial charge in [-0.3, -0.25) is 0 Å². The van der Waals surface area contributed by atoms with Crippen LogP contribution in [-0.4, -0.2) is 16.6 Å². The van der Waals surface area contributed by atoms with Gasteiger partial charge in [-0.15, -0.1) is 0 Å². The minimum Gasteiger partial charge on any atom is -0.480 e. The second-order valence-corrected chi connectivity index (χ2v) is 4.74. The van der Waals surface area contributed by atoms with Gasteiger partial charge < -0.3 is 10.4 Å².